The van der Waals surface area contributed by atoms with E-state index in [1.807, 2.05) is 42.2 Å². The predicted molar refractivity (Wildman–Crippen MR) is 134 cm³/mol. The summed E-state index contributed by atoms with van der Waals surface area (Å²) in [5.41, 5.74) is 1.05. The van der Waals surface area contributed by atoms with E-state index in [2.05, 4.69) is 41.0 Å². The molecule has 33 heavy (non-hydrogen) atoms. The van der Waals surface area contributed by atoms with Gasteiger partial charge in [-0.1, -0.05) is 67.5 Å². The number of benzene rings is 1. The summed E-state index contributed by atoms with van der Waals surface area (Å²) in [7, 11) is 0. The highest BCUT2D eigenvalue weighted by atomic mass is 35.5. The van der Waals surface area contributed by atoms with Crippen molar-refractivity contribution in [2.45, 2.75) is 51.4 Å². The quantitative estimate of drug-likeness (QED) is 0.340. The summed E-state index contributed by atoms with van der Waals surface area (Å²) in [6, 6.07) is 11.6. The Kier molecular flexibility index (Phi) is 8.97. The van der Waals surface area contributed by atoms with Crippen molar-refractivity contribution >= 4 is 41.0 Å². The highest BCUT2D eigenvalue weighted by Gasteiger charge is 2.28. The fraction of sp³-hybridized carbons (Fsp3) is 0.500. The number of halogens is 1. The Morgan fingerprint density at radius 1 is 1.18 bits per heavy atom. The monoisotopic (exact) mass is 489 g/mol. The summed E-state index contributed by atoms with van der Waals surface area (Å²) in [4.78, 5) is 37.9. The van der Waals surface area contributed by atoms with Crippen LogP contribution in [0.1, 0.15) is 45.7 Å². The van der Waals surface area contributed by atoms with Gasteiger partial charge in [-0.05, 0) is 25.3 Å². The summed E-state index contributed by atoms with van der Waals surface area (Å²) in [6.07, 6.45) is 0.565. The number of nitrogens with one attached hydrogen (secondary N) is 1. The fourth-order valence-corrected chi connectivity index (χ4v) is 4.75. The first kappa shape index (κ1) is 25.3. The smallest absolute Gasteiger partial charge is 0.230 e. The van der Waals surface area contributed by atoms with Crippen molar-refractivity contribution in [3.8, 4) is 0 Å². The standard InChI is InChI=1S/C24H32ClN5O2S/c1-16(2)12-23(32)30-11-10-29(14-17(30)3)21-13-20(25)27-24(28-21)33-15-22(31)26-18(4)19-8-6-5-7-9-19/h5-9,13,16-18H,10-12,14-15H2,1-4H3,(H,26,31). The predicted octanol–water partition coefficient (Wildman–Crippen LogP) is 4.18. The van der Waals surface area contributed by atoms with E-state index in [1.165, 1.54) is 11.8 Å². The van der Waals surface area contributed by atoms with E-state index >= 15 is 0 Å². The van der Waals surface area contributed by atoms with Gasteiger partial charge < -0.3 is 15.1 Å². The molecule has 0 radical (unpaired) electrons. The van der Waals surface area contributed by atoms with Crippen LogP contribution >= 0.6 is 23.4 Å². The normalized spacial score (nSPS) is 17.2. The van der Waals surface area contributed by atoms with E-state index in [1.54, 1.807) is 6.07 Å². The molecule has 0 saturated carbocycles. The highest BCUT2D eigenvalue weighted by molar-refractivity contribution is 7.99. The van der Waals surface area contributed by atoms with Crippen LogP contribution in [-0.2, 0) is 9.59 Å². The molecule has 2 amide bonds. The van der Waals surface area contributed by atoms with E-state index in [4.69, 9.17) is 11.6 Å². The van der Waals surface area contributed by atoms with Gasteiger partial charge in [0.05, 0.1) is 11.8 Å². The first-order chi connectivity index (χ1) is 15.7. The second-order valence-electron chi connectivity index (χ2n) is 8.80. The van der Waals surface area contributed by atoms with Crippen molar-refractivity contribution in [1.29, 1.82) is 0 Å². The van der Waals surface area contributed by atoms with E-state index < -0.39 is 0 Å². The van der Waals surface area contributed by atoms with E-state index in [0.29, 0.717) is 42.3 Å². The van der Waals surface area contributed by atoms with Crippen LogP contribution in [0, 0.1) is 5.92 Å². The molecule has 2 aromatic rings. The van der Waals surface area contributed by atoms with Crippen molar-refractivity contribution in [3.63, 3.8) is 0 Å². The number of anilines is 1. The molecule has 2 heterocycles. The minimum atomic E-state index is -0.0904. The van der Waals surface area contributed by atoms with Gasteiger partial charge in [0, 0.05) is 38.2 Å². The number of nitrogens with zero attached hydrogens (tertiary/aromatic N) is 4. The van der Waals surface area contributed by atoms with Crippen molar-refractivity contribution < 1.29 is 9.59 Å². The van der Waals surface area contributed by atoms with Crippen LogP contribution in [0.2, 0.25) is 5.15 Å². The van der Waals surface area contributed by atoms with Gasteiger partial charge in [-0.3, -0.25) is 9.59 Å². The molecular formula is C24H32ClN5O2S. The Morgan fingerprint density at radius 3 is 2.58 bits per heavy atom. The summed E-state index contributed by atoms with van der Waals surface area (Å²) >= 11 is 7.53. The van der Waals surface area contributed by atoms with Gasteiger partial charge >= 0.3 is 0 Å². The molecule has 0 aliphatic carbocycles. The van der Waals surface area contributed by atoms with E-state index in [9.17, 15) is 9.59 Å². The zero-order valence-electron chi connectivity index (χ0n) is 19.6. The minimum absolute atomic E-state index is 0.0775. The molecule has 1 fully saturated rings. The molecule has 1 aliphatic rings. The topological polar surface area (TPSA) is 78.4 Å². The Hall–Kier alpha value is -2.32. The van der Waals surface area contributed by atoms with Gasteiger partial charge in [0.25, 0.3) is 0 Å². The maximum absolute atomic E-state index is 12.5. The Bertz CT molecular complexity index is 959. The van der Waals surface area contributed by atoms with Crippen LogP contribution in [0.15, 0.2) is 41.6 Å². The molecule has 3 rings (SSSR count). The number of thioether (sulfide) groups is 1. The first-order valence-electron chi connectivity index (χ1n) is 11.3. The second kappa shape index (κ2) is 11.7. The maximum atomic E-state index is 12.5. The third-order valence-corrected chi connectivity index (χ3v) is 6.57. The zero-order valence-corrected chi connectivity index (χ0v) is 21.2. The van der Waals surface area contributed by atoms with E-state index in [0.717, 1.165) is 11.4 Å². The largest absolute Gasteiger partial charge is 0.353 e. The van der Waals surface area contributed by atoms with Gasteiger partial charge in [-0.2, -0.15) is 0 Å². The molecule has 1 aliphatic heterocycles. The number of aromatic nitrogens is 2. The number of carbonyl (C=O) groups excluding carboxylic acids is 2. The number of hydrogen-bond acceptors (Lipinski definition) is 6. The van der Waals surface area contributed by atoms with Gasteiger partial charge in [0.2, 0.25) is 11.8 Å². The third-order valence-electron chi connectivity index (χ3n) is 5.52. The molecule has 0 spiro atoms. The summed E-state index contributed by atoms with van der Waals surface area (Å²) in [5, 5.41) is 3.80. The maximum Gasteiger partial charge on any atom is 0.230 e. The number of amides is 2. The lowest BCUT2D eigenvalue weighted by atomic mass is 10.1. The van der Waals surface area contributed by atoms with Crippen LogP contribution in [0.5, 0.6) is 0 Å². The molecular weight excluding hydrogens is 458 g/mol. The van der Waals surface area contributed by atoms with Crippen LogP contribution < -0.4 is 10.2 Å². The Morgan fingerprint density at radius 2 is 1.91 bits per heavy atom. The van der Waals surface area contributed by atoms with Gasteiger partial charge in [0.1, 0.15) is 11.0 Å². The Labute approximate surface area is 205 Å². The molecule has 2 unspecified atom stereocenters. The lowest BCUT2D eigenvalue weighted by molar-refractivity contribution is -0.134. The fourth-order valence-electron chi connectivity index (χ4n) is 3.85. The summed E-state index contributed by atoms with van der Waals surface area (Å²) in [5.74, 6) is 1.37. The third kappa shape index (κ3) is 7.33. The second-order valence-corrected chi connectivity index (χ2v) is 10.1. The lowest BCUT2D eigenvalue weighted by Crippen LogP contribution is -2.54. The molecule has 1 aromatic carbocycles. The van der Waals surface area contributed by atoms with Crippen molar-refractivity contribution in [2.24, 2.45) is 5.92 Å². The summed E-state index contributed by atoms with van der Waals surface area (Å²) < 4.78 is 0. The number of rotatable bonds is 8. The van der Waals surface area contributed by atoms with Crippen LogP contribution in [0.4, 0.5) is 5.82 Å². The molecule has 2 atom stereocenters. The number of carbonyl (C=O) groups is 2. The average molecular weight is 490 g/mol. The van der Waals surface area contributed by atoms with E-state index in [-0.39, 0.29) is 29.7 Å². The van der Waals surface area contributed by atoms with Crippen molar-refractivity contribution in [3.05, 3.63) is 47.1 Å². The Balaban J connectivity index is 1.57. The van der Waals surface area contributed by atoms with Crippen LogP contribution in [0.25, 0.3) is 0 Å². The van der Waals surface area contributed by atoms with Gasteiger partial charge in [-0.25, -0.2) is 9.97 Å². The average Bonchev–Trinajstić information content (AvgIpc) is 2.77. The van der Waals surface area contributed by atoms with Gasteiger partial charge in [-0.15, -0.1) is 0 Å². The number of piperazine rings is 1. The molecule has 178 valence electrons. The zero-order chi connectivity index (χ0) is 24.0. The van der Waals surface area contributed by atoms with Crippen molar-refractivity contribution in [2.75, 3.05) is 30.3 Å². The van der Waals surface area contributed by atoms with Gasteiger partial charge in [0.15, 0.2) is 5.16 Å². The SMILES string of the molecule is CC(C)CC(=O)N1CCN(c2cc(Cl)nc(SCC(=O)NC(C)c3ccccc3)n2)CC1C. The summed E-state index contributed by atoms with van der Waals surface area (Å²) in [6.45, 7) is 10.1. The molecule has 9 heteroatoms. The molecule has 7 nitrogen and oxygen atoms in total. The minimum Gasteiger partial charge on any atom is -0.353 e. The van der Waals surface area contributed by atoms with Crippen LogP contribution in [-0.4, -0.2) is 58.1 Å². The first-order valence-corrected chi connectivity index (χ1v) is 12.7. The van der Waals surface area contributed by atoms with Crippen LogP contribution in [0.3, 0.4) is 0 Å². The lowest BCUT2D eigenvalue weighted by Gasteiger charge is -2.40. The number of hydrogen-bond donors (Lipinski definition) is 1. The highest BCUT2D eigenvalue weighted by Crippen LogP contribution is 2.24. The molecule has 1 saturated heterocycles. The molecule has 1 N–H and O–H groups in total. The molecule has 1 aromatic heterocycles. The molecule has 0 bridgehead atoms. The van der Waals surface area contributed by atoms with Crippen molar-refractivity contribution in [1.82, 2.24) is 20.2 Å².